The van der Waals surface area contributed by atoms with Crippen LogP contribution < -0.4 is 19.8 Å². The van der Waals surface area contributed by atoms with Crippen molar-refractivity contribution in [1.29, 1.82) is 0 Å². The van der Waals surface area contributed by atoms with Gasteiger partial charge in [0.05, 0.1) is 20.4 Å². The molecule has 1 N–H and O–H groups in total. The summed E-state index contributed by atoms with van der Waals surface area (Å²) < 4.78 is 10.5. The van der Waals surface area contributed by atoms with Crippen LogP contribution >= 0.6 is 0 Å². The number of para-hydroxylation sites is 1. The van der Waals surface area contributed by atoms with Crippen LogP contribution in [-0.2, 0) is 13.1 Å². The minimum absolute atomic E-state index is 0.250. The topological polar surface area (TPSA) is 63.2 Å². The highest BCUT2D eigenvalue weighted by Crippen LogP contribution is 2.28. The molecule has 3 aromatic carbocycles. The van der Waals surface area contributed by atoms with Crippen LogP contribution in [-0.4, -0.2) is 26.3 Å². The van der Waals surface area contributed by atoms with E-state index in [1.54, 1.807) is 26.5 Å². The Morgan fingerprint density at radius 1 is 0.967 bits per heavy atom. The molecule has 0 aromatic heterocycles. The number of hydrazone groups is 1. The summed E-state index contributed by atoms with van der Waals surface area (Å²) in [5.41, 5.74) is 7.49. The van der Waals surface area contributed by atoms with Gasteiger partial charge in [0.25, 0.3) is 5.91 Å². The molecular formula is C24H23N3O3. The zero-order valence-corrected chi connectivity index (χ0v) is 17.0. The molecule has 152 valence electrons. The van der Waals surface area contributed by atoms with Crippen molar-refractivity contribution in [3.8, 4) is 11.5 Å². The molecule has 6 heteroatoms. The second kappa shape index (κ2) is 8.69. The van der Waals surface area contributed by atoms with Gasteiger partial charge in [0.15, 0.2) is 0 Å². The van der Waals surface area contributed by atoms with Gasteiger partial charge in [-0.2, -0.15) is 5.10 Å². The molecule has 0 atom stereocenters. The maximum atomic E-state index is 12.6. The molecule has 0 bridgehead atoms. The number of benzene rings is 3. The summed E-state index contributed by atoms with van der Waals surface area (Å²) in [4.78, 5) is 14.8. The third-order valence-corrected chi connectivity index (χ3v) is 5.12. The summed E-state index contributed by atoms with van der Waals surface area (Å²) in [6.45, 7) is 1.63. The molecule has 1 aliphatic heterocycles. The third kappa shape index (κ3) is 4.12. The predicted octanol–water partition coefficient (Wildman–Crippen LogP) is 3.99. The number of carbonyl (C=O) groups excluding carboxylic acids is 1. The number of anilines is 1. The molecule has 4 rings (SSSR count). The number of hydrogen-bond acceptors (Lipinski definition) is 5. The maximum Gasteiger partial charge on any atom is 0.271 e. The van der Waals surface area contributed by atoms with Crippen LogP contribution in [0.15, 0.2) is 71.8 Å². The molecule has 0 radical (unpaired) electrons. The Hall–Kier alpha value is -3.80. The van der Waals surface area contributed by atoms with Crippen molar-refractivity contribution < 1.29 is 14.3 Å². The van der Waals surface area contributed by atoms with Crippen LogP contribution in [0.2, 0.25) is 0 Å². The van der Waals surface area contributed by atoms with Gasteiger partial charge < -0.3 is 14.4 Å². The molecule has 1 amide bonds. The molecule has 1 aliphatic rings. The Morgan fingerprint density at radius 2 is 1.77 bits per heavy atom. The van der Waals surface area contributed by atoms with Crippen LogP contribution in [0.3, 0.4) is 0 Å². The molecule has 0 fully saturated rings. The molecule has 1 heterocycles. The lowest BCUT2D eigenvalue weighted by Crippen LogP contribution is -2.18. The van der Waals surface area contributed by atoms with Crippen LogP contribution in [0.25, 0.3) is 0 Å². The molecule has 3 aromatic rings. The molecule has 0 unspecified atom stereocenters. The summed E-state index contributed by atoms with van der Waals surface area (Å²) in [5.74, 6) is 1.06. The summed E-state index contributed by atoms with van der Waals surface area (Å²) in [6, 6.07) is 21.5. The van der Waals surface area contributed by atoms with Gasteiger partial charge in [0, 0.05) is 36.0 Å². The third-order valence-electron chi connectivity index (χ3n) is 5.12. The van der Waals surface area contributed by atoms with E-state index in [0.29, 0.717) is 17.1 Å². The molecule has 0 spiro atoms. The Labute approximate surface area is 175 Å². The quantitative estimate of drug-likeness (QED) is 0.501. The number of nitrogens with zero attached hydrogens (tertiary/aromatic N) is 2. The average Bonchev–Trinajstić information content (AvgIpc) is 3.23. The Bertz CT molecular complexity index is 1080. The van der Waals surface area contributed by atoms with Gasteiger partial charge in [0.1, 0.15) is 11.5 Å². The highest BCUT2D eigenvalue weighted by Gasteiger charge is 2.20. The number of carbonyl (C=O) groups is 1. The molecule has 6 nitrogen and oxygen atoms in total. The van der Waals surface area contributed by atoms with Crippen molar-refractivity contribution in [1.82, 2.24) is 5.43 Å². The second-order valence-corrected chi connectivity index (χ2v) is 6.98. The molecular weight excluding hydrogens is 378 g/mol. The molecule has 0 saturated heterocycles. The predicted molar refractivity (Wildman–Crippen MR) is 117 cm³/mol. The van der Waals surface area contributed by atoms with Crippen LogP contribution in [0.4, 0.5) is 5.69 Å². The van der Waals surface area contributed by atoms with Crippen molar-refractivity contribution in [2.24, 2.45) is 5.10 Å². The van der Waals surface area contributed by atoms with E-state index in [-0.39, 0.29) is 5.91 Å². The lowest BCUT2D eigenvalue weighted by molar-refractivity contribution is 0.0955. The van der Waals surface area contributed by atoms with E-state index in [4.69, 9.17) is 9.47 Å². The lowest BCUT2D eigenvalue weighted by Gasteiger charge is -2.17. The number of fused-ring (bicyclic) bond motifs is 1. The van der Waals surface area contributed by atoms with Gasteiger partial charge in [-0.25, -0.2) is 5.43 Å². The Kier molecular flexibility index (Phi) is 5.66. The van der Waals surface area contributed by atoms with E-state index in [0.717, 1.165) is 24.2 Å². The second-order valence-electron chi connectivity index (χ2n) is 6.98. The first-order chi connectivity index (χ1) is 14.7. The van der Waals surface area contributed by atoms with E-state index in [1.165, 1.54) is 11.3 Å². The summed E-state index contributed by atoms with van der Waals surface area (Å²) in [7, 11) is 3.17. The standard InChI is InChI=1S/C24H23N3O3/c1-29-22-11-10-18(23(13-22)30-2)14-25-26-24(28)17-8-9-19-15-27(16-20(19)12-17)21-6-4-3-5-7-21/h3-14H,15-16H2,1-2H3,(H,26,28)/b25-14-. The fourth-order valence-electron chi connectivity index (χ4n) is 3.51. The van der Waals surface area contributed by atoms with Crippen LogP contribution in [0.1, 0.15) is 27.0 Å². The largest absolute Gasteiger partial charge is 0.497 e. The first kappa shape index (κ1) is 19.5. The first-order valence-corrected chi connectivity index (χ1v) is 9.65. The van der Waals surface area contributed by atoms with E-state index >= 15 is 0 Å². The Balaban J connectivity index is 1.43. The van der Waals surface area contributed by atoms with E-state index in [2.05, 4.69) is 27.6 Å². The van der Waals surface area contributed by atoms with Gasteiger partial charge in [-0.3, -0.25) is 4.79 Å². The van der Waals surface area contributed by atoms with Gasteiger partial charge in [-0.1, -0.05) is 24.3 Å². The normalized spacial score (nSPS) is 12.7. The van der Waals surface area contributed by atoms with Gasteiger partial charge in [0.2, 0.25) is 0 Å². The highest BCUT2D eigenvalue weighted by atomic mass is 16.5. The van der Waals surface area contributed by atoms with E-state index < -0.39 is 0 Å². The van der Waals surface area contributed by atoms with Crippen molar-refractivity contribution in [3.63, 3.8) is 0 Å². The molecule has 0 saturated carbocycles. The van der Waals surface area contributed by atoms with E-state index in [9.17, 15) is 4.79 Å². The van der Waals surface area contributed by atoms with Gasteiger partial charge in [-0.15, -0.1) is 0 Å². The number of amides is 1. The van der Waals surface area contributed by atoms with Crippen LogP contribution in [0, 0.1) is 0 Å². The maximum absolute atomic E-state index is 12.6. The van der Waals surface area contributed by atoms with Gasteiger partial charge in [-0.05, 0) is 47.5 Å². The van der Waals surface area contributed by atoms with Crippen LogP contribution in [0.5, 0.6) is 11.5 Å². The van der Waals surface area contributed by atoms with Crippen molar-refractivity contribution >= 4 is 17.8 Å². The summed E-state index contributed by atoms with van der Waals surface area (Å²) in [5, 5.41) is 4.08. The number of methoxy groups -OCH3 is 2. The van der Waals surface area contributed by atoms with E-state index in [1.807, 2.05) is 48.5 Å². The van der Waals surface area contributed by atoms with Gasteiger partial charge >= 0.3 is 0 Å². The zero-order chi connectivity index (χ0) is 20.9. The zero-order valence-electron chi connectivity index (χ0n) is 17.0. The van der Waals surface area contributed by atoms with Crippen molar-refractivity contribution in [2.45, 2.75) is 13.1 Å². The minimum Gasteiger partial charge on any atom is -0.497 e. The number of ether oxygens (including phenoxy) is 2. The SMILES string of the molecule is COc1ccc(/C=N\NC(=O)c2ccc3c(c2)CN(c2ccccc2)C3)c(OC)c1. The van der Waals surface area contributed by atoms with Crippen molar-refractivity contribution in [2.75, 3.05) is 19.1 Å². The fourth-order valence-corrected chi connectivity index (χ4v) is 3.51. The first-order valence-electron chi connectivity index (χ1n) is 9.65. The number of rotatable bonds is 6. The fraction of sp³-hybridized carbons (Fsp3) is 0.167. The minimum atomic E-state index is -0.250. The average molecular weight is 401 g/mol. The Morgan fingerprint density at radius 3 is 2.53 bits per heavy atom. The highest BCUT2D eigenvalue weighted by molar-refractivity contribution is 5.95. The number of hydrogen-bond donors (Lipinski definition) is 1. The monoisotopic (exact) mass is 401 g/mol. The lowest BCUT2D eigenvalue weighted by atomic mass is 10.1. The summed E-state index contributed by atoms with van der Waals surface area (Å²) >= 11 is 0. The van der Waals surface area contributed by atoms with Crippen molar-refractivity contribution in [3.05, 3.63) is 89.0 Å². The summed E-state index contributed by atoms with van der Waals surface area (Å²) in [6.07, 6.45) is 1.56. The number of nitrogens with one attached hydrogen (secondary N) is 1. The smallest absolute Gasteiger partial charge is 0.271 e. The molecule has 0 aliphatic carbocycles. The molecule has 30 heavy (non-hydrogen) atoms.